The van der Waals surface area contributed by atoms with E-state index in [1.54, 1.807) is 11.4 Å². The fourth-order valence-electron chi connectivity index (χ4n) is 2.19. The third-order valence-electron chi connectivity index (χ3n) is 3.38. The average molecular weight is 278 g/mol. The van der Waals surface area contributed by atoms with Crippen LogP contribution in [0.1, 0.15) is 32.6 Å². The SMILES string of the molecule is CCNCCCCS(=O)(=O)N1CCC(OC)CC1. The highest BCUT2D eigenvalue weighted by Crippen LogP contribution is 2.16. The second kappa shape index (κ2) is 8.09. The van der Waals surface area contributed by atoms with E-state index in [-0.39, 0.29) is 11.9 Å². The van der Waals surface area contributed by atoms with Gasteiger partial charge in [0, 0.05) is 20.2 Å². The number of sulfonamides is 1. The van der Waals surface area contributed by atoms with Crippen molar-refractivity contribution in [3.63, 3.8) is 0 Å². The fourth-order valence-corrected chi connectivity index (χ4v) is 3.78. The van der Waals surface area contributed by atoms with Crippen molar-refractivity contribution in [1.29, 1.82) is 0 Å². The van der Waals surface area contributed by atoms with Gasteiger partial charge >= 0.3 is 0 Å². The molecular weight excluding hydrogens is 252 g/mol. The Morgan fingerprint density at radius 1 is 1.28 bits per heavy atom. The highest BCUT2D eigenvalue weighted by atomic mass is 32.2. The van der Waals surface area contributed by atoms with Crippen molar-refractivity contribution < 1.29 is 13.2 Å². The minimum absolute atomic E-state index is 0.227. The first-order chi connectivity index (χ1) is 8.60. The van der Waals surface area contributed by atoms with Crippen LogP contribution in [-0.4, -0.2) is 57.9 Å². The van der Waals surface area contributed by atoms with Gasteiger partial charge in [-0.25, -0.2) is 12.7 Å². The number of nitrogens with one attached hydrogen (secondary N) is 1. The van der Waals surface area contributed by atoms with Gasteiger partial charge in [0.15, 0.2) is 0 Å². The third kappa shape index (κ3) is 5.22. The van der Waals surface area contributed by atoms with Crippen LogP contribution in [0.5, 0.6) is 0 Å². The molecule has 6 heteroatoms. The van der Waals surface area contributed by atoms with Crippen molar-refractivity contribution >= 4 is 10.0 Å². The molecule has 1 fully saturated rings. The summed E-state index contributed by atoms with van der Waals surface area (Å²) in [4.78, 5) is 0. The zero-order valence-corrected chi connectivity index (χ0v) is 12.3. The molecule has 0 amide bonds. The highest BCUT2D eigenvalue weighted by molar-refractivity contribution is 7.89. The van der Waals surface area contributed by atoms with E-state index in [1.165, 1.54) is 0 Å². The van der Waals surface area contributed by atoms with Gasteiger partial charge in [-0.05, 0) is 38.8 Å². The summed E-state index contributed by atoms with van der Waals surface area (Å²) in [7, 11) is -1.36. The van der Waals surface area contributed by atoms with Gasteiger partial charge in [-0.15, -0.1) is 0 Å². The Bertz CT molecular complexity index is 311. The van der Waals surface area contributed by atoms with Gasteiger partial charge in [-0.1, -0.05) is 6.92 Å². The number of unbranched alkanes of at least 4 members (excludes halogenated alkanes) is 1. The largest absolute Gasteiger partial charge is 0.381 e. The molecule has 0 aromatic heterocycles. The van der Waals surface area contributed by atoms with Gasteiger partial charge < -0.3 is 10.1 Å². The molecule has 0 unspecified atom stereocenters. The van der Waals surface area contributed by atoms with Crippen LogP contribution >= 0.6 is 0 Å². The average Bonchev–Trinajstić information content (AvgIpc) is 2.38. The maximum Gasteiger partial charge on any atom is 0.214 e. The van der Waals surface area contributed by atoms with E-state index in [0.29, 0.717) is 13.1 Å². The number of hydrogen-bond acceptors (Lipinski definition) is 4. The number of rotatable bonds is 8. The van der Waals surface area contributed by atoms with E-state index >= 15 is 0 Å². The van der Waals surface area contributed by atoms with Crippen LogP contribution in [0, 0.1) is 0 Å². The summed E-state index contributed by atoms with van der Waals surface area (Å²) >= 11 is 0. The lowest BCUT2D eigenvalue weighted by Gasteiger charge is -2.30. The van der Waals surface area contributed by atoms with E-state index in [1.807, 2.05) is 0 Å². The molecule has 5 nitrogen and oxygen atoms in total. The molecule has 1 aliphatic heterocycles. The van der Waals surface area contributed by atoms with Crippen molar-refractivity contribution in [3.05, 3.63) is 0 Å². The first-order valence-corrected chi connectivity index (χ1v) is 8.42. The van der Waals surface area contributed by atoms with Crippen LogP contribution in [-0.2, 0) is 14.8 Å². The molecule has 108 valence electrons. The van der Waals surface area contributed by atoms with Gasteiger partial charge in [0.2, 0.25) is 10.0 Å². The van der Waals surface area contributed by atoms with E-state index < -0.39 is 10.0 Å². The molecule has 0 spiro atoms. The molecule has 0 atom stereocenters. The van der Waals surface area contributed by atoms with Crippen molar-refractivity contribution in [2.24, 2.45) is 0 Å². The second-order valence-electron chi connectivity index (χ2n) is 4.71. The van der Waals surface area contributed by atoms with Crippen LogP contribution < -0.4 is 5.32 Å². The van der Waals surface area contributed by atoms with E-state index in [4.69, 9.17) is 4.74 Å². The van der Waals surface area contributed by atoms with Crippen LogP contribution in [0.4, 0.5) is 0 Å². The van der Waals surface area contributed by atoms with Crippen molar-refractivity contribution in [2.45, 2.75) is 38.7 Å². The topological polar surface area (TPSA) is 58.6 Å². The lowest BCUT2D eigenvalue weighted by molar-refractivity contribution is 0.0604. The Morgan fingerprint density at radius 3 is 2.50 bits per heavy atom. The van der Waals surface area contributed by atoms with Crippen LogP contribution in [0.3, 0.4) is 0 Å². The van der Waals surface area contributed by atoms with Crippen molar-refractivity contribution in [2.75, 3.05) is 39.0 Å². The van der Waals surface area contributed by atoms with Crippen LogP contribution in [0.2, 0.25) is 0 Å². The smallest absolute Gasteiger partial charge is 0.214 e. The molecule has 0 saturated carbocycles. The van der Waals surface area contributed by atoms with Crippen molar-refractivity contribution in [3.8, 4) is 0 Å². The van der Waals surface area contributed by atoms with Gasteiger partial charge in [0.1, 0.15) is 0 Å². The maximum atomic E-state index is 12.1. The molecule has 0 bridgehead atoms. The number of hydrogen-bond donors (Lipinski definition) is 1. The molecule has 1 saturated heterocycles. The molecule has 18 heavy (non-hydrogen) atoms. The first kappa shape index (κ1) is 15.9. The standard InChI is InChI=1S/C12H26N2O3S/c1-3-13-8-4-5-11-18(15,16)14-9-6-12(17-2)7-10-14/h12-13H,3-11H2,1-2H3. The Morgan fingerprint density at radius 2 is 1.94 bits per heavy atom. The predicted molar refractivity (Wildman–Crippen MR) is 73.2 cm³/mol. The number of nitrogens with zero attached hydrogens (tertiary/aromatic N) is 1. The molecule has 1 rings (SSSR count). The molecular formula is C12H26N2O3S. The minimum Gasteiger partial charge on any atom is -0.381 e. The minimum atomic E-state index is -3.05. The number of piperidine rings is 1. The normalized spacial score (nSPS) is 19.2. The summed E-state index contributed by atoms with van der Waals surface area (Å²) in [6.45, 7) is 5.11. The van der Waals surface area contributed by atoms with Gasteiger partial charge in [-0.2, -0.15) is 0 Å². The van der Waals surface area contributed by atoms with Crippen LogP contribution in [0.15, 0.2) is 0 Å². The molecule has 1 aliphatic rings. The summed E-state index contributed by atoms with van der Waals surface area (Å²) in [5.41, 5.74) is 0. The van der Waals surface area contributed by atoms with Gasteiger partial charge in [0.05, 0.1) is 11.9 Å². The molecule has 1 N–H and O–H groups in total. The Hall–Kier alpha value is -0.170. The number of ether oxygens (including phenoxy) is 1. The van der Waals surface area contributed by atoms with E-state index in [9.17, 15) is 8.42 Å². The summed E-state index contributed by atoms with van der Waals surface area (Å²) in [6, 6.07) is 0. The Kier molecular flexibility index (Phi) is 7.14. The summed E-state index contributed by atoms with van der Waals surface area (Å²) < 4.78 is 31.0. The molecule has 0 aromatic rings. The monoisotopic (exact) mass is 278 g/mol. The van der Waals surface area contributed by atoms with Crippen molar-refractivity contribution in [1.82, 2.24) is 9.62 Å². The summed E-state index contributed by atoms with van der Waals surface area (Å²) in [5.74, 6) is 0.274. The van der Waals surface area contributed by atoms with E-state index in [2.05, 4.69) is 12.2 Å². The Balaban J connectivity index is 2.26. The fraction of sp³-hybridized carbons (Fsp3) is 1.00. The lowest BCUT2D eigenvalue weighted by atomic mass is 10.1. The molecule has 0 aliphatic carbocycles. The maximum absolute atomic E-state index is 12.1. The summed E-state index contributed by atoms with van der Waals surface area (Å²) in [5, 5.41) is 3.20. The lowest BCUT2D eigenvalue weighted by Crippen LogP contribution is -2.41. The molecule has 0 radical (unpaired) electrons. The zero-order chi connectivity index (χ0) is 13.4. The molecule has 0 aromatic carbocycles. The zero-order valence-electron chi connectivity index (χ0n) is 11.5. The highest BCUT2D eigenvalue weighted by Gasteiger charge is 2.27. The predicted octanol–water partition coefficient (Wildman–Crippen LogP) is 0.817. The molecule has 1 heterocycles. The Labute approximate surface area is 111 Å². The van der Waals surface area contributed by atoms with Crippen LogP contribution in [0.25, 0.3) is 0 Å². The quantitative estimate of drug-likeness (QED) is 0.668. The second-order valence-corrected chi connectivity index (χ2v) is 6.80. The summed E-state index contributed by atoms with van der Waals surface area (Å²) in [6.07, 6.45) is 3.51. The van der Waals surface area contributed by atoms with E-state index in [0.717, 1.165) is 38.8 Å². The third-order valence-corrected chi connectivity index (χ3v) is 5.34. The van der Waals surface area contributed by atoms with Gasteiger partial charge in [0.25, 0.3) is 0 Å². The number of methoxy groups -OCH3 is 1. The first-order valence-electron chi connectivity index (χ1n) is 6.81. The van der Waals surface area contributed by atoms with Gasteiger partial charge in [-0.3, -0.25) is 0 Å².